The summed E-state index contributed by atoms with van der Waals surface area (Å²) in [5, 5.41) is 4.20. The molecule has 0 saturated heterocycles. The first kappa shape index (κ1) is 8.99. The molecule has 0 atom stereocenters. The second-order valence-corrected chi connectivity index (χ2v) is 3.48. The van der Waals surface area contributed by atoms with E-state index in [0.29, 0.717) is 5.82 Å². The van der Waals surface area contributed by atoms with Crippen LogP contribution in [0.5, 0.6) is 0 Å². The maximum Gasteiger partial charge on any atom is 0.160 e. The molecule has 0 fully saturated rings. The average molecular weight is 190 g/mol. The number of aromatic nitrogens is 3. The molecule has 2 N–H and O–H groups in total. The molecular formula is C10H14N4. The molecule has 4 nitrogen and oxygen atoms in total. The topological polar surface area (TPSA) is 56.2 Å². The van der Waals surface area contributed by atoms with E-state index in [4.69, 9.17) is 5.73 Å². The molecule has 0 aliphatic rings. The van der Waals surface area contributed by atoms with Gasteiger partial charge in [0.2, 0.25) is 0 Å². The van der Waals surface area contributed by atoms with Crippen molar-refractivity contribution in [3.8, 4) is 0 Å². The lowest BCUT2D eigenvalue weighted by Crippen LogP contribution is -2.07. The van der Waals surface area contributed by atoms with E-state index in [9.17, 15) is 0 Å². The molecule has 0 saturated carbocycles. The highest BCUT2D eigenvalue weighted by Gasteiger charge is 2.10. The summed E-state index contributed by atoms with van der Waals surface area (Å²) in [6, 6.07) is 0. The lowest BCUT2D eigenvalue weighted by molar-refractivity contribution is 0.909. The SMILES string of the molecule is CCc1c(C)nc2c(C)cnn2c1N. The molecule has 0 aromatic carbocycles. The van der Waals surface area contributed by atoms with Gasteiger partial charge in [-0.3, -0.25) is 0 Å². The maximum atomic E-state index is 6.00. The molecule has 2 heterocycles. The van der Waals surface area contributed by atoms with Crippen LogP contribution in [0.1, 0.15) is 23.7 Å². The van der Waals surface area contributed by atoms with Crippen LogP contribution in [0.2, 0.25) is 0 Å². The lowest BCUT2D eigenvalue weighted by Gasteiger charge is -2.08. The fourth-order valence-electron chi connectivity index (χ4n) is 1.71. The van der Waals surface area contributed by atoms with Crippen molar-refractivity contribution >= 4 is 11.5 Å². The van der Waals surface area contributed by atoms with Crippen molar-refractivity contribution in [2.45, 2.75) is 27.2 Å². The number of nitrogens with zero attached hydrogens (tertiary/aromatic N) is 3. The van der Waals surface area contributed by atoms with E-state index in [1.807, 2.05) is 13.8 Å². The van der Waals surface area contributed by atoms with Gasteiger partial charge >= 0.3 is 0 Å². The highest BCUT2D eigenvalue weighted by atomic mass is 15.3. The number of anilines is 1. The third-order valence-corrected chi connectivity index (χ3v) is 2.52. The molecule has 2 rings (SSSR count). The van der Waals surface area contributed by atoms with Crippen LogP contribution in [0, 0.1) is 13.8 Å². The Morgan fingerprint density at radius 2 is 2.14 bits per heavy atom. The summed E-state index contributed by atoms with van der Waals surface area (Å²) in [7, 11) is 0. The van der Waals surface area contributed by atoms with Gasteiger partial charge in [0.1, 0.15) is 5.82 Å². The predicted octanol–water partition coefficient (Wildman–Crippen LogP) is 1.49. The highest BCUT2D eigenvalue weighted by Crippen LogP contribution is 2.18. The van der Waals surface area contributed by atoms with Crippen LogP contribution >= 0.6 is 0 Å². The Hall–Kier alpha value is -1.58. The van der Waals surface area contributed by atoms with E-state index in [1.54, 1.807) is 10.7 Å². The quantitative estimate of drug-likeness (QED) is 0.741. The van der Waals surface area contributed by atoms with Gasteiger partial charge in [-0.15, -0.1) is 0 Å². The highest BCUT2D eigenvalue weighted by molar-refractivity contribution is 5.56. The molecule has 0 unspecified atom stereocenters. The van der Waals surface area contributed by atoms with Crippen molar-refractivity contribution in [1.82, 2.24) is 14.6 Å². The summed E-state index contributed by atoms with van der Waals surface area (Å²) in [6.45, 7) is 6.05. The third kappa shape index (κ3) is 1.07. The van der Waals surface area contributed by atoms with Crippen molar-refractivity contribution in [3.63, 3.8) is 0 Å². The molecule has 0 aliphatic carbocycles. The van der Waals surface area contributed by atoms with E-state index in [-0.39, 0.29) is 0 Å². The molecular weight excluding hydrogens is 176 g/mol. The average Bonchev–Trinajstić information content (AvgIpc) is 2.49. The smallest absolute Gasteiger partial charge is 0.160 e. The van der Waals surface area contributed by atoms with Gasteiger partial charge < -0.3 is 5.73 Å². The van der Waals surface area contributed by atoms with E-state index < -0.39 is 0 Å². The second kappa shape index (κ2) is 2.97. The minimum atomic E-state index is 0.711. The van der Waals surface area contributed by atoms with Gasteiger partial charge in [0.05, 0.1) is 6.20 Å². The first-order chi connectivity index (χ1) is 6.65. The zero-order valence-electron chi connectivity index (χ0n) is 8.70. The molecule has 4 heteroatoms. The third-order valence-electron chi connectivity index (χ3n) is 2.52. The minimum Gasteiger partial charge on any atom is -0.383 e. The number of hydrogen-bond donors (Lipinski definition) is 1. The number of rotatable bonds is 1. The summed E-state index contributed by atoms with van der Waals surface area (Å²) in [6.07, 6.45) is 2.68. The summed E-state index contributed by atoms with van der Waals surface area (Å²) in [5.41, 5.74) is 10.0. The summed E-state index contributed by atoms with van der Waals surface area (Å²) < 4.78 is 1.71. The molecule has 2 aromatic heterocycles. The largest absolute Gasteiger partial charge is 0.383 e. The van der Waals surface area contributed by atoms with Gasteiger partial charge in [-0.1, -0.05) is 6.92 Å². The van der Waals surface area contributed by atoms with Crippen LogP contribution in [0.15, 0.2) is 6.20 Å². The molecule has 0 radical (unpaired) electrons. The Labute approximate surface area is 82.8 Å². The fourth-order valence-corrected chi connectivity index (χ4v) is 1.71. The number of hydrogen-bond acceptors (Lipinski definition) is 3. The van der Waals surface area contributed by atoms with Crippen molar-refractivity contribution in [3.05, 3.63) is 23.0 Å². The first-order valence-corrected chi connectivity index (χ1v) is 4.74. The number of aryl methyl sites for hydroxylation is 2. The minimum absolute atomic E-state index is 0.711. The summed E-state index contributed by atoms with van der Waals surface area (Å²) in [4.78, 5) is 4.49. The van der Waals surface area contributed by atoms with Gasteiger partial charge in [-0.25, -0.2) is 4.98 Å². The molecule has 14 heavy (non-hydrogen) atoms. The van der Waals surface area contributed by atoms with E-state index in [2.05, 4.69) is 17.0 Å². The molecule has 0 bridgehead atoms. The molecule has 2 aromatic rings. The van der Waals surface area contributed by atoms with Crippen molar-refractivity contribution < 1.29 is 0 Å². The lowest BCUT2D eigenvalue weighted by atomic mass is 10.1. The van der Waals surface area contributed by atoms with Gasteiger partial charge in [0.15, 0.2) is 5.65 Å². The van der Waals surface area contributed by atoms with Crippen molar-refractivity contribution in [2.24, 2.45) is 0 Å². The summed E-state index contributed by atoms with van der Waals surface area (Å²) in [5.74, 6) is 0.711. The molecule has 0 amide bonds. The van der Waals surface area contributed by atoms with Crippen LogP contribution in [0.3, 0.4) is 0 Å². The van der Waals surface area contributed by atoms with E-state index >= 15 is 0 Å². The fraction of sp³-hybridized carbons (Fsp3) is 0.400. The van der Waals surface area contributed by atoms with Crippen LogP contribution < -0.4 is 5.73 Å². The van der Waals surface area contributed by atoms with Crippen LogP contribution in [-0.2, 0) is 6.42 Å². The second-order valence-electron chi connectivity index (χ2n) is 3.48. The maximum absolute atomic E-state index is 6.00. The zero-order chi connectivity index (χ0) is 10.3. The number of nitrogens with two attached hydrogens (primary N) is 1. The molecule has 0 spiro atoms. The monoisotopic (exact) mass is 190 g/mol. The van der Waals surface area contributed by atoms with Gasteiger partial charge in [0.25, 0.3) is 0 Å². The Balaban J connectivity index is 2.87. The van der Waals surface area contributed by atoms with Crippen LogP contribution in [0.25, 0.3) is 5.65 Å². The number of fused-ring (bicyclic) bond motifs is 1. The number of nitrogen functional groups attached to an aromatic ring is 1. The van der Waals surface area contributed by atoms with Crippen LogP contribution in [-0.4, -0.2) is 14.6 Å². The Kier molecular flexibility index (Phi) is 1.91. The van der Waals surface area contributed by atoms with Crippen molar-refractivity contribution in [2.75, 3.05) is 5.73 Å². The summed E-state index contributed by atoms with van der Waals surface area (Å²) >= 11 is 0. The molecule has 0 aliphatic heterocycles. The predicted molar refractivity (Wildman–Crippen MR) is 56.3 cm³/mol. The standard InChI is InChI=1S/C10H14N4/c1-4-8-7(3)13-10-6(2)5-12-14(10)9(8)11/h5H,4,11H2,1-3H3. The Morgan fingerprint density at radius 1 is 1.43 bits per heavy atom. The van der Waals surface area contributed by atoms with Gasteiger partial charge in [-0.05, 0) is 20.3 Å². The Morgan fingerprint density at radius 3 is 2.79 bits per heavy atom. The zero-order valence-corrected chi connectivity index (χ0v) is 8.70. The van der Waals surface area contributed by atoms with E-state index in [1.165, 1.54) is 0 Å². The Bertz CT molecular complexity index is 484. The van der Waals surface area contributed by atoms with E-state index in [0.717, 1.165) is 28.9 Å². The van der Waals surface area contributed by atoms with Gasteiger partial charge in [0, 0.05) is 16.8 Å². The normalized spacial score (nSPS) is 11.1. The molecule has 74 valence electrons. The van der Waals surface area contributed by atoms with Gasteiger partial charge in [-0.2, -0.15) is 9.61 Å². The van der Waals surface area contributed by atoms with Crippen molar-refractivity contribution in [1.29, 1.82) is 0 Å². The van der Waals surface area contributed by atoms with Crippen LogP contribution in [0.4, 0.5) is 5.82 Å². The first-order valence-electron chi connectivity index (χ1n) is 4.74.